The van der Waals surface area contributed by atoms with Crippen molar-refractivity contribution in [1.82, 2.24) is 10.2 Å². The van der Waals surface area contributed by atoms with E-state index in [1.165, 1.54) is 6.92 Å². The summed E-state index contributed by atoms with van der Waals surface area (Å²) in [5, 5.41) is 11.9. The molecule has 0 spiro atoms. The molecule has 2 amide bonds. The van der Waals surface area contributed by atoms with Gasteiger partial charge in [-0.25, -0.2) is 0 Å². The third-order valence-electron chi connectivity index (χ3n) is 3.71. The van der Waals surface area contributed by atoms with Crippen LogP contribution in [0.5, 0.6) is 0 Å². The fourth-order valence-corrected chi connectivity index (χ4v) is 2.56. The maximum absolute atomic E-state index is 12.2. The van der Waals surface area contributed by atoms with Crippen LogP contribution < -0.4 is 5.32 Å². The number of amides is 2. The van der Waals surface area contributed by atoms with Gasteiger partial charge in [-0.1, -0.05) is 0 Å². The largest absolute Gasteiger partial charge is 0.352 e. The number of nitrogens with one attached hydrogen (secondary N) is 1. The predicted octanol–water partition coefficient (Wildman–Crippen LogP) is 0.417. The maximum Gasteiger partial charge on any atom is 0.243 e. The first kappa shape index (κ1) is 11.9. The Hall–Kier alpha value is -1.57. The van der Waals surface area contributed by atoms with E-state index in [0.29, 0.717) is 25.9 Å². The number of carbonyl (C=O) groups excluding carboxylic acids is 2. The van der Waals surface area contributed by atoms with Crippen molar-refractivity contribution in [1.29, 1.82) is 5.26 Å². The molecule has 0 aromatic carbocycles. The molecule has 2 aliphatic rings. The average molecular weight is 235 g/mol. The van der Waals surface area contributed by atoms with Crippen molar-refractivity contribution in [2.24, 2.45) is 5.41 Å². The summed E-state index contributed by atoms with van der Waals surface area (Å²) in [6.45, 7) is 2.67. The molecule has 1 saturated heterocycles. The quantitative estimate of drug-likeness (QED) is 0.753. The lowest BCUT2D eigenvalue weighted by atomic mass is 9.69. The van der Waals surface area contributed by atoms with Crippen LogP contribution in [0.4, 0.5) is 0 Å². The minimum absolute atomic E-state index is 0.0425. The highest BCUT2D eigenvalue weighted by molar-refractivity contribution is 5.86. The van der Waals surface area contributed by atoms with E-state index >= 15 is 0 Å². The number of rotatable bonds is 2. The van der Waals surface area contributed by atoms with Gasteiger partial charge in [0.1, 0.15) is 5.41 Å². The van der Waals surface area contributed by atoms with Crippen molar-refractivity contribution in [2.45, 2.75) is 38.6 Å². The lowest BCUT2D eigenvalue weighted by molar-refractivity contribution is -0.142. The van der Waals surface area contributed by atoms with Crippen molar-refractivity contribution in [3.8, 4) is 6.07 Å². The number of nitriles is 1. The van der Waals surface area contributed by atoms with Crippen molar-refractivity contribution in [2.75, 3.05) is 13.1 Å². The normalized spacial score (nSPS) is 25.9. The van der Waals surface area contributed by atoms with Gasteiger partial charge in [0, 0.05) is 26.1 Å². The molecule has 0 aromatic heterocycles. The van der Waals surface area contributed by atoms with Gasteiger partial charge in [0.2, 0.25) is 11.8 Å². The maximum atomic E-state index is 12.2. The minimum atomic E-state index is -0.759. The van der Waals surface area contributed by atoms with E-state index < -0.39 is 5.41 Å². The number of hydrogen-bond acceptors (Lipinski definition) is 3. The van der Waals surface area contributed by atoms with Crippen LogP contribution in [0.1, 0.15) is 32.6 Å². The molecular weight excluding hydrogens is 218 g/mol. The Balaban J connectivity index is 1.94. The number of nitrogens with zero attached hydrogens (tertiary/aromatic N) is 2. The fraction of sp³-hybridized carbons (Fsp3) is 0.750. The number of likely N-dealkylation sites (tertiary alicyclic amines) is 1. The molecule has 1 N–H and O–H groups in total. The molecule has 0 aromatic rings. The van der Waals surface area contributed by atoms with Gasteiger partial charge in [0.15, 0.2) is 0 Å². The first-order chi connectivity index (χ1) is 8.07. The lowest BCUT2D eigenvalue weighted by Crippen LogP contribution is -2.47. The third-order valence-corrected chi connectivity index (χ3v) is 3.71. The van der Waals surface area contributed by atoms with E-state index in [9.17, 15) is 9.59 Å². The van der Waals surface area contributed by atoms with Crippen molar-refractivity contribution >= 4 is 11.8 Å². The molecule has 92 valence electrons. The van der Waals surface area contributed by atoms with Crippen molar-refractivity contribution < 1.29 is 9.59 Å². The minimum Gasteiger partial charge on any atom is -0.352 e. The second-order valence-corrected chi connectivity index (χ2v) is 4.98. The number of carbonyl (C=O) groups is 2. The summed E-state index contributed by atoms with van der Waals surface area (Å²) in [7, 11) is 0. The van der Waals surface area contributed by atoms with Gasteiger partial charge in [0.25, 0.3) is 0 Å². The highest BCUT2D eigenvalue weighted by Crippen LogP contribution is 2.42. The van der Waals surface area contributed by atoms with Gasteiger partial charge < -0.3 is 10.2 Å². The summed E-state index contributed by atoms with van der Waals surface area (Å²) in [4.78, 5) is 24.9. The van der Waals surface area contributed by atoms with Crippen LogP contribution in [0.2, 0.25) is 0 Å². The van der Waals surface area contributed by atoms with Gasteiger partial charge in [-0.2, -0.15) is 5.26 Å². The smallest absolute Gasteiger partial charge is 0.243 e. The van der Waals surface area contributed by atoms with E-state index in [-0.39, 0.29) is 17.9 Å². The topological polar surface area (TPSA) is 73.2 Å². The fourth-order valence-electron chi connectivity index (χ4n) is 2.56. The Morgan fingerprint density at radius 1 is 1.47 bits per heavy atom. The van der Waals surface area contributed by atoms with Gasteiger partial charge in [-0.3, -0.25) is 9.59 Å². The van der Waals surface area contributed by atoms with E-state index in [0.717, 1.165) is 12.8 Å². The molecule has 1 aliphatic heterocycles. The van der Waals surface area contributed by atoms with Crippen molar-refractivity contribution in [3.63, 3.8) is 0 Å². The van der Waals surface area contributed by atoms with Gasteiger partial charge in [0.05, 0.1) is 6.07 Å². The van der Waals surface area contributed by atoms with Gasteiger partial charge in [-0.15, -0.1) is 0 Å². The molecule has 1 aliphatic carbocycles. The third kappa shape index (κ3) is 2.12. The monoisotopic (exact) mass is 235 g/mol. The zero-order valence-electron chi connectivity index (χ0n) is 10.0. The molecule has 17 heavy (non-hydrogen) atoms. The zero-order valence-corrected chi connectivity index (χ0v) is 10.0. The van der Waals surface area contributed by atoms with E-state index in [4.69, 9.17) is 5.26 Å². The van der Waals surface area contributed by atoms with E-state index in [2.05, 4.69) is 11.4 Å². The van der Waals surface area contributed by atoms with Gasteiger partial charge >= 0.3 is 0 Å². The second-order valence-electron chi connectivity index (χ2n) is 4.98. The van der Waals surface area contributed by atoms with Crippen LogP contribution in [-0.2, 0) is 9.59 Å². The summed E-state index contributed by atoms with van der Waals surface area (Å²) in [6, 6.07) is 2.22. The van der Waals surface area contributed by atoms with E-state index in [1.807, 2.05) is 0 Å². The summed E-state index contributed by atoms with van der Waals surface area (Å²) >= 11 is 0. The molecule has 1 saturated carbocycles. The molecule has 0 radical (unpaired) electrons. The first-order valence-electron chi connectivity index (χ1n) is 6.05. The van der Waals surface area contributed by atoms with Crippen LogP contribution in [0.15, 0.2) is 0 Å². The standard InChI is InChI=1S/C12H17N3O2/c1-9(16)14-10-3-6-15(7-10)11(17)12(8-13)4-2-5-12/h10H,2-7H2,1H3,(H,14,16). The summed E-state index contributed by atoms with van der Waals surface area (Å²) < 4.78 is 0. The SMILES string of the molecule is CC(=O)NC1CCN(C(=O)C2(C#N)CCC2)C1. The van der Waals surface area contributed by atoms with Crippen LogP contribution in [0.25, 0.3) is 0 Å². The number of hydrogen-bond donors (Lipinski definition) is 1. The average Bonchev–Trinajstić information content (AvgIpc) is 2.64. The van der Waals surface area contributed by atoms with E-state index in [1.54, 1.807) is 4.90 Å². The Morgan fingerprint density at radius 2 is 2.18 bits per heavy atom. The lowest BCUT2D eigenvalue weighted by Gasteiger charge is -2.36. The molecule has 1 unspecified atom stereocenters. The summed E-state index contributed by atoms with van der Waals surface area (Å²) in [5.74, 6) is -0.109. The Bertz CT molecular complexity index is 382. The predicted molar refractivity (Wildman–Crippen MR) is 60.7 cm³/mol. The van der Waals surface area contributed by atoms with Crippen molar-refractivity contribution in [3.05, 3.63) is 0 Å². The van der Waals surface area contributed by atoms with Crippen LogP contribution in [-0.4, -0.2) is 35.8 Å². The van der Waals surface area contributed by atoms with Gasteiger partial charge in [-0.05, 0) is 25.7 Å². The summed E-state index contributed by atoms with van der Waals surface area (Å²) in [6.07, 6.45) is 3.11. The molecule has 1 heterocycles. The highest BCUT2D eigenvalue weighted by Gasteiger charge is 2.48. The molecular formula is C12H17N3O2. The Labute approximate surface area is 101 Å². The zero-order chi connectivity index (χ0) is 12.5. The molecule has 5 heteroatoms. The Kier molecular flexibility index (Phi) is 3.05. The molecule has 1 atom stereocenters. The highest BCUT2D eigenvalue weighted by atomic mass is 16.2. The molecule has 0 bridgehead atoms. The Morgan fingerprint density at radius 3 is 2.65 bits per heavy atom. The second kappa shape index (κ2) is 4.36. The van der Waals surface area contributed by atoms with Crippen LogP contribution >= 0.6 is 0 Å². The summed E-state index contributed by atoms with van der Waals surface area (Å²) in [5.41, 5.74) is -0.759. The molecule has 2 fully saturated rings. The first-order valence-corrected chi connectivity index (χ1v) is 6.05. The molecule has 5 nitrogen and oxygen atoms in total. The molecule has 2 rings (SSSR count). The van der Waals surface area contributed by atoms with Crippen LogP contribution in [0, 0.1) is 16.7 Å². The van der Waals surface area contributed by atoms with Crippen LogP contribution in [0.3, 0.4) is 0 Å².